The molecule has 0 unspecified atom stereocenters. The molecule has 0 spiro atoms. The Morgan fingerprint density at radius 3 is 2.72 bits per heavy atom. The Morgan fingerprint density at radius 2 is 1.96 bits per heavy atom. The smallest absolute Gasteiger partial charge is 0.293 e. The minimum atomic E-state index is -0.106. The lowest BCUT2D eigenvalue weighted by atomic mass is 10.0. The van der Waals surface area contributed by atoms with Gasteiger partial charge < -0.3 is 9.64 Å². The number of likely N-dealkylation sites (tertiary alicyclic amines) is 1. The first-order valence-corrected chi connectivity index (χ1v) is 8.85. The largest absolute Gasteiger partial charge is 0.379 e. The molecular weight excluding hydrogens is 320 g/mol. The fraction of sp³-hybridized carbons (Fsp3) is 0.647. The second-order valence-corrected chi connectivity index (χ2v) is 7.09. The van der Waals surface area contributed by atoms with Gasteiger partial charge in [-0.25, -0.2) is 9.50 Å². The van der Waals surface area contributed by atoms with E-state index in [2.05, 4.69) is 26.9 Å². The molecule has 1 amide bonds. The van der Waals surface area contributed by atoms with Crippen LogP contribution in [0.1, 0.15) is 28.9 Å². The van der Waals surface area contributed by atoms with Crippen molar-refractivity contribution in [3.05, 3.63) is 23.3 Å². The average molecular weight is 344 g/mol. The van der Waals surface area contributed by atoms with Crippen molar-refractivity contribution < 1.29 is 9.53 Å². The first-order chi connectivity index (χ1) is 12.0. The van der Waals surface area contributed by atoms with Crippen LogP contribution in [0.2, 0.25) is 0 Å². The van der Waals surface area contributed by atoms with Crippen LogP contribution in [-0.4, -0.2) is 80.7 Å². The third kappa shape index (κ3) is 3.00. The van der Waals surface area contributed by atoms with Crippen molar-refractivity contribution in [2.45, 2.75) is 26.8 Å². The molecule has 0 bridgehead atoms. The van der Waals surface area contributed by atoms with E-state index < -0.39 is 0 Å². The van der Waals surface area contributed by atoms with E-state index in [1.165, 1.54) is 0 Å². The second kappa shape index (κ2) is 6.34. The molecule has 2 aliphatic rings. The van der Waals surface area contributed by atoms with E-state index in [1.807, 2.05) is 24.8 Å². The van der Waals surface area contributed by atoms with Gasteiger partial charge in [-0.15, -0.1) is 5.10 Å². The van der Waals surface area contributed by atoms with Gasteiger partial charge in [-0.3, -0.25) is 9.69 Å². The Balaban J connectivity index is 1.54. The molecule has 25 heavy (non-hydrogen) atoms. The highest BCUT2D eigenvalue weighted by molar-refractivity contribution is 5.91. The van der Waals surface area contributed by atoms with E-state index >= 15 is 0 Å². The second-order valence-electron chi connectivity index (χ2n) is 7.09. The van der Waals surface area contributed by atoms with Crippen molar-refractivity contribution >= 4 is 11.7 Å². The van der Waals surface area contributed by atoms with Crippen LogP contribution in [0, 0.1) is 19.8 Å². The summed E-state index contributed by atoms with van der Waals surface area (Å²) in [5, 5.41) is 4.38. The molecule has 0 N–H and O–H groups in total. The number of rotatable bonds is 2. The number of ether oxygens (including phenoxy) is 1. The van der Waals surface area contributed by atoms with Gasteiger partial charge in [-0.1, -0.05) is 6.92 Å². The van der Waals surface area contributed by atoms with E-state index in [1.54, 1.807) is 4.52 Å². The van der Waals surface area contributed by atoms with E-state index in [0.717, 1.165) is 50.8 Å². The van der Waals surface area contributed by atoms with Gasteiger partial charge in [0, 0.05) is 43.6 Å². The lowest BCUT2D eigenvalue weighted by Crippen LogP contribution is -2.47. The summed E-state index contributed by atoms with van der Waals surface area (Å²) in [4.78, 5) is 25.9. The Bertz CT molecular complexity index is 798. The van der Waals surface area contributed by atoms with Gasteiger partial charge >= 0.3 is 0 Å². The van der Waals surface area contributed by atoms with Gasteiger partial charge in [0.2, 0.25) is 5.82 Å². The molecule has 2 atom stereocenters. The summed E-state index contributed by atoms with van der Waals surface area (Å²) in [7, 11) is 0. The van der Waals surface area contributed by atoms with Crippen molar-refractivity contribution in [2.75, 3.05) is 39.4 Å². The Hall–Kier alpha value is -2.06. The molecule has 2 aromatic rings. The summed E-state index contributed by atoms with van der Waals surface area (Å²) < 4.78 is 7.08. The topological polar surface area (TPSA) is 75.9 Å². The van der Waals surface area contributed by atoms with Crippen LogP contribution in [0.4, 0.5) is 0 Å². The number of carbonyl (C=O) groups excluding carboxylic acids is 1. The predicted octanol–water partition coefficient (Wildman–Crippen LogP) is 0.534. The summed E-state index contributed by atoms with van der Waals surface area (Å²) in [5.41, 5.74) is 1.80. The van der Waals surface area contributed by atoms with Gasteiger partial charge in [0.15, 0.2) is 0 Å². The lowest BCUT2D eigenvalue weighted by molar-refractivity contribution is 0.0119. The number of fused-ring (bicyclic) bond motifs is 1. The summed E-state index contributed by atoms with van der Waals surface area (Å²) in [6, 6.07) is 2.31. The zero-order valence-electron chi connectivity index (χ0n) is 15.0. The maximum absolute atomic E-state index is 12.9. The molecular formula is C17H24N6O2. The highest BCUT2D eigenvalue weighted by atomic mass is 16.5. The van der Waals surface area contributed by atoms with Crippen molar-refractivity contribution in [3.63, 3.8) is 0 Å². The van der Waals surface area contributed by atoms with E-state index in [0.29, 0.717) is 17.7 Å². The Kier molecular flexibility index (Phi) is 4.16. The fourth-order valence-electron chi connectivity index (χ4n) is 3.90. The maximum atomic E-state index is 12.9. The third-order valence-corrected chi connectivity index (χ3v) is 5.18. The number of morpholine rings is 1. The molecule has 4 heterocycles. The minimum Gasteiger partial charge on any atom is -0.379 e. The van der Waals surface area contributed by atoms with Gasteiger partial charge in [0.05, 0.1) is 13.2 Å². The number of nitrogens with zero attached hydrogens (tertiary/aromatic N) is 6. The monoisotopic (exact) mass is 344 g/mol. The Labute approximate surface area is 146 Å². The number of aromatic nitrogens is 4. The highest BCUT2D eigenvalue weighted by Gasteiger charge is 2.38. The normalized spacial score (nSPS) is 25.0. The maximum Gasteiger partial charge on any atom is 0.293 e. The van der Waals surface area contributed by atoms with Gasteiger partial charge in [-0.05, 0) is 25.8 Å². The van der Waals surface area contributed by atoms with Crippen molar-refractivity contribution in [1.29, 1.82) is 0 Å². The van der Waals surface area contributed by atoms with Crippen LogP contribution in [0.3, 0.4) is 0 Å². The van der Waals surface area contributed by atoms with Gasteiger partial charge in [0.25, 0.3) is 11.7 Å². The molecule has 8 nitrogen and oxygen atoms in total. The molecule has 0 aromatic carbocycles. The lowest BCUT2D eigenvalue weighted by Gasteiger charge is -2.33. The zero-order chi connectivity index (χ0) is 17.6. The summed E-state index contributed by atoms with van der Waals surface area (Å²) in [6.45, 7) is 10.9. The molecule has 4 rings (SSSR count). The SMILES string of the molecule is Cc1cc(C)n2nc(C(=O)N3C[C@H](C)[C@@H](N4CCOCC4)C3)nc2n1. The van der Waals surface area contributed by atoms with Crippen molar-refractivity contribution in [1.82, 2.24) is 29.4 Å². The standard InChI is InChI=1S/C17H24N6O2/c1-11-9-22(10-14(11)21-4-6-25-7-5-21)16(24)15-19-17-18-12(2)8-13(3)23(17)20-15/h8,11,14H,4-7,9-10H2,1-3H3/t11-,14-/m0/s1. The molecule has 2 saturated heterocycles. The van der Waals surface area contributed by atoms with Crippen LogP contribution in [0.5, 0.6) is 0 Å². The van der Waals surface area contributed by atoms with E-state index in [9.17, 15) is 4.79 Å². The molecule has 2 aliphatic heterocycles. The first-order valence-electron chi connectivity index (χ1n) is 8.85. The molecule has 0 aliphatic carbocycles. The van der Waals surface area contributed by atoms with Crippen LogP contribution in [0.15, 0.2) is 6.07 Å². The van der Waals surface area contributed by atoms with E-state index in [-0.39, 0.29) is 11.7 Å². The fourth-order valence-corrected chi connectivity index (χ4v) is 3.90. The third-order valence-electron chi connectivity index (χ3n) is 5.18. The number of amides is 1. The number of carbonyl (C=O) groups is 1. The average Bonchev–Trinajstić information content (AvgIpc) is 3.19. The zero-order valence-corrected chi connectivity index (χ0v) is 15.0. The number of aryl methyl sites for hydroxylation is 2. The predicted molar refractivity (Wildman–Crippen MR) is 91.5 cm³/mol. The molecule has 2 aromatic heterocycles. The summed E-state index contributed by atoms with van der Waals surface area (Å²) in [5.74, 6) is 1.04. The molecule has 0 saturated carbocycles. The Morgan fingerprint density at radius 1 is 1.20 bits per heavy atom. The van der Waals surface area contributed by atoms with Crippen LogP contribution >= 0.6 is 0 Å². The van der Waals surface area contributed by atoms with Gasteiger partial charge in [0.1, 0.15) is 0 Å². The van der Waals surface area contributed by atoms with Crippen LogP contribution < -0.4 is 0 Å². The van der Waals surface area contributed by atoms with E-state index in [4.69, 9.17) is 4.74 Å². The summed E-state index contributed by atoms with van der Waals surface area (Å²) in [6.07, 6.45) is 0. The number of hydrogen-bond acceptors (Lipinski definition) is 6. The van der Waals surface area contributed by atoms with Crippen LogP contribution in [-0.2, 0) is 4.74 Å². The van der Waals surface area contributed by atoms with Crippen LogP contribution in [0.25, 0.3) is 5.78 Å². The molecule has 8 heteroatoms. The van der Waals surface area contributed by atoms with Crippen molar-refractivity contribution in [3.8, 4) is 0 Å². The molecule has 2 fully saturated rings. The highest BCUT2D eigenvalue weighted by Crippen LogP contribution is 2.23. The molecule has 0 radical (unpaired) electrons. The minimum absolute atomic E-state index is 0.106. The summed E-state index contributed by atoms with van der Waals surface area (Å²) >= 11 is 0. The first kappa shape index (κ1) is 16.4. The number of hydrogen-bond donors (Lipinski definition) is 0. The van der Waals surface area contributed by atoms with Gasteiger partial charge in [-0.2, -0.15) is 4.98 Å². The quantitative estimate of drug-likeness (QED) is 0.791. The van der Waals surface area contributed by atoms with Crippen molar-refractivity contribution in [2.24, 2.45) is 5.92 Å². The molecule has 134 valence electrons.